The number of ketones is 1. The molecule has 0 aliphatic heterocycles. The maximum atomic E-state index is 13.1. The predicted octanol–water partition coefficient (Wildman–Crippen LogP) is 2.89. The summed E-state index contributed by atoms with van der Waals surface area (Å²) in [6.45, 7) is 0. The number of aromatic carboxylic acids is 1. The molecule has 2 aromatic carbocycles. The average molecular weight is 262 g/mol. The summed E-state index contributed by atoms with van der Waals surface area (Å²) < 4.78 is 26.1. The molecule has 0 atom stereocenters. The number of halogens is 2. The summed E-state index contributed by atoms with van der Waals surface area (Å²) in [6.07, 6.45) is 0. The van der Waals surface area contributed by atoms with E-state index in [0.29, 0.717) is 6.07 Å². The minimum absolute atomic E-state index is 0.111. The van der Waals surface area contributed by atoms with Crippen molar-refractivity contribution in [2.45, 2.75) is 0 Å². The first-order chi connectivity index (χ1) is 8.99. The number of carbonyl (C=O) groups excluding carboxylic acids is 1. The molecule has 0 bridgehead atoms. The van der Waals surface area contributed by atoms with Crippen molar-refractivity contribution in [1.29, 1.82) is 0 Å². The minimum Gasteiger partial charge on any atom is -0.478 e. The number of carboxylic acid groups (broad SMARTS) is 1. The number of rotatable bonds is 3. The number of carbonyl (C=O) groups is 2. The molecule has 0 saturated heterocycles. The Hall–Kier alpha value is -2.56. The zero-order valence-corrected chi connectivity index (χ0v) is 9.56. The van der Waals surface area contributed by atoms with Gasteiger partial charge < -0.3 is 5.11 Å². The predicted molar refractivity (Wildman–Crippen MR) is 63.2 cm³/mol. The van der Waals surface area contributed by atoms with Crippen LogP contribution in [-0.2, 0) is 0 Å². The fourth-order valence-corrected chi connectivity index (χ4v) is 1.71. The van der Waals surface area contributed by atoms with Gasteiger partial charge >= 0.3 is 5.97 Å². The van der Waals surface area contributed by atoms with E-state index in [9.17, 15) is 18.4 Å². The maximum Gasteiger partial charge on any atom is 0.336 e. The molecule has 0 amide bonds. The van der Waals surface area contributed by atoms with Crippen molar-refractivity contribution >= 4 is 11.8 Å². The second-order valence-electron chi connectivity index (χ2n) is 3.84. The highest BCUT2D eigenvalue weighted by Crippen LogP contribution is 2.17. The SMILES string of the molecule is O=C(O)c1ccccc1C(=O)c1cc(F)cc(F)c1. The van der Waals surface area contributed by atoms with Crippen LogP contribution in [0, 0.1) is 11.6 Å². The molecule has 0 aromatic heterocycles. The molecular formula is C14H8F2O3. The number of carboxylic acids is 1. The highest BCUT2D eigenvalue weighted by atomic mass is 19.1. The lowest BCUT2D eigenvalue weighted by molar-refractivity contribution is 0.0693. The van der Waals surface area contributed by atoms with Gasteiger partial charge in [-0.1, -0.05) is 18.2 Å². The first-order valence-electron chi connectivity index (χ1n) is 5.32. The standard InChI is InChI=1S/C14H8F2O3/c15-9-5-8(6-10(16)7-9)13(17)11-3-1-2-4-12(11)14(18)19/h1-7H,(H,18,19). The Morgan fingerprint density at radius 1 is 0.895 bits per heavy atom. The summed E-state index contributed by atoms with van der Waals surface area (Å²) in [5.41, 5.74) is -0.552. The van der Waals surface area contributed by atoms with Crippen LogP contribution in [0.1, 0.15) is 26.3 Å². The molecule has 5 heteroatoms. The zero-order valence-electron chi connectivity index (χ0n) is 9.56. The zero-order chi connectivity index (χ0) is 14.0. The van der Waals surface area contributed by atoms with Gasteiger partial charge in [-0.2, -0.15) is 0 Å². The highest BCUT2D eigenvalue weighted by Gasteiger charge is 2.18. The molecule has 0 heterocycles. The van der Waals surface area contributed by atoms with Crippen molar-refractivity contribution in [1.82, 2.24) is 0 Å². The Morgan fingerprint density at radius 2 is 1.42 bits per heavy atom. The fourth-order valence-electron chi connectivity index (χ4n) is 1.71. The molecule has 0 saturated carbocycles. The summed E-state index contributed by atoms with van der Waals surface area (Å²) in [7, 11) is 0. The molecule has 0 spiro atoms. The summed E-state index contributed by atoms with van der Waals surface area (Å²) >= 11 is 0. The molecule has 1 N–H and O–H groups in total. The molecule has 19 heavy (non-hydrogen) atoms. The van der Waals surface area contributed by atoms with Crippen LogP contribution in [-0.4, -0.2) is 16.9 Å². The molecule has 0 radical (unpaired) electrons. The van der Waals surface area contributed by atoms with E-state index >= 15 is 0 Å². The van der Waals surface area contributed by atoms with E-state index in [0.717, 1.165) is 12.1 Å². The van der Waals surface area contributed by atoms with Gasteiger partial charge in [0.05, 0.1) is 5.56 Å². The van der Waals surface area contributed by atoms with Crippen molar-refractivity contribution < 1.29 is 23.5 Å². The van der Waals surface area contributed by atoms with Crippen LogP contribution in [0.15, 0.2) is 42.5 Å². The quantitative estimate of drug-likeness (QED) is 0.865. The largest absolute Gasteiger partial charge is 0.478 e. The molecule has 2 rings (SSSR count). The van der Waals surface area contributed by atoms with E-state index in [1.807, 2.05) is 0 Å². The summed E-state index contributed by atoms with van der Waals surface area (Å²) in [4.78, 5) is 23.1. The third-order valence-corrected chi connectivity index (χ3v) is 2.53. The van der Waals surface area contributed by atoms with Gasteiger partial charge in [0.1, 0.15) is 11.6 Å². The fraction of sp³-hybridized carbons (Fsp3) is 0. The Balaban J connectivity index is 2.53. The number of benzene rings is 2. The van der Waals surface area contributed by atoms with E-state index in [-0.39, 0.29) is 16.7 Å². The van der Waals surface area contributed by atoms with Crippen LogP contribution < -0.4 is 0 Å². The second-order valence-corrected chi connectivity index (χ2v) is 3.84. The number of hydrogen-bond donors (Lipinski definition) is 1. The van der Waals surface area contributed by atoms with Crippen LogP contribution in [0.3, 0.4) is 0 Å². The van der Waals surface area contributed by atoms with E-state index < -0.39 is 23.4 Å². The summed E-state index contributed by atoms with van der Waals surface area (Å²) in [5, 5.41) is 8.97. The lowest BCUT2D eigenvalue weighted by Gasteiger charge is -2.05. The second kappa shape index (κ2) is 4.97. The molecular weight excluding hydrogens is 254 g/mol. The van der Waals surface area contributed by atoms with Crippen LogP contribution in [0.5, 0.6) is 0 Å². The topological polar surface area (TPSA) is 54.4 Å². The van der Waals surface area contributed by atoms with Gasteiger partial charge in [-0.15, -0.1) is 0 Å². The van der Waals surface area contributed by atoms with Gasteiger partial charge in [0.15, 0.2) is 5.78 Å². The Kier molecular flexibility index (Phi) is 3.37. The van der Waals surface area contributed by atoms with Crippen LogP contribution in [0.4, 0.5) is 8.78 Å². The Labute approximate surface area is 107 Å². The molecule has 96 valence electrons. The first kappa shape index (κ1) is 12.9. The normalized spacial score (nSPS) is 10.2. The van der Waals surface area contributed by atoms with Crippen LogP contribution in [0.2, 0.25) is 0 Å². The minimum atomic E-state index is -1.28. The van der Waals surface area contributed by atoms with Gasteiger partial charge in [0.25, 0.3) is 0 Å². The monoisotopic (exact) mass is 262 g/mol. The maximum absolute atomic E-state index is 13.1. The van der Waals surface area contributed by atoms with Crippen LogP contribution in [0.25, 0.3) is 0 Å². The molecule has 0 fully saturated rings. The lowest BCUT2D eigenvalue weighted by Crippen LogP contribution is -2.10. The summed E-state index contributed by atoms with van der Waals surface area (Å²) in [5.74, 6) is -3.80. The molecule has 3 nitrogen and oxygen atoms in total. The third kappa shape index (κ3) is 2.65. The van der Waals surface area contributed by atoms with Gasteiger partial charge in [0, 0.05) is 17.2 Å². The van der Waals surface area contributed by atoms with Crippen molar-refractivity contribution in [3.8, 4) is 0 Å². The molecule has 0 aliphatic carbocycles. The first-order valence-corrected chi connectivity index (χ1v) is 5.32. The smallest absolute Gasteiger partial charge is 0.336 e. The summed E-state index contributed by atoms with van der Waals surface area (Å²) in [6, 6.07) is 7.87. The van der Waals surface area contributed by atoms with E-state index in [4.69, 9.17) is 5.11 Å². The van der Waals surface area contributed by atoms with Crippen molar-refractivity contribution in [2.75, 3.05) is 0 Å². The molecule has 2 aromatic rings. The van der Waals surface area contributed by atoms with Crippen molar-refractivity contribution in [3.05, 3.63) is 70.8 Å². The van der Waals surface area contributed by atoms with Gasteiger partial charge in [0.2, 0.25) is 0 Å². The molecule has 0 unspecified atom stereocenters. The van der Waals surface area contributed by atoms with Gasteiger partial charge in [-0.05, 0) is 18.2 Å². The Bertz CT molecular complexity index is 645. The Morgan fingerprint density at radius 3 is 1.95 bits per heavy atom. The van der Waals surface area contributed by atoms with Crippen molar-refractivity contribution in [2.24, 2.45) is 0 Å². The van der Waals surface area contributed by atoms with E-state index in [1.54, 1.807) is 0 Å². The van der Waals surface area contributed by atoms with Gasteiger partial charge in [-0.3, -0.25) is 4.79 Å². The van der Waals surface area contributed by atoms with E-state index in [2.05, 4.69) is 0 Å². The van der Waals surface area contributed by atoms with Gasteiger partial charge in [-0.25, -0.2) is 13.6 Å². The van der Waals surface area contributed by atoms with Crippen molar-refractivity contribution in [3.63, 3.8) is 0 Å². The van der Waals surface area contributed by atoms with Crippen LogP contribution >= 0.6 is 0 Å². The molecule has 0 aliphatic rings. The highest BCUT2D eigenvalue weighted by molar-refractivity contribution is 6.14. The van der Waals surface area contributed by atoms with E-state index in [1.165, 1.54) is 24.3 Å². The third-order valence-electron chi connectivity index (χ3n) is 2.53. The lowest BCUT2D eigenvalue weighted by atomic mass is 9.98. The number of hydrogen-bond acceptors (Lipinski definition) is 2. The average Bonchev–Trinajstić information content (AvgIpc) is 2.36.